The molecule has 190 valence electrons. The zero-order valence-electron chi connectivity index (χ0n) is 21.5. The molecule has 0 heterocycles. The number of hydrogen-bond acceptors (Lipinski definition) is 3. The summed E-state index contributed by atoms with van der Waals surface area (Å²) >= 11 is 6.23. The van der Waals surface area contributed by atoms with E-state index >= 15 is 0 Å². The van der Waals surface area contributed by atoms with Crippen molar-refractivity contribution in [2.45, 2.75) is 58.7 Å². The van der Waals surface area contributed by atoms with Crippen LogP contribution in [0.1, 0.15) is 44.4 Å². The van der Waals surface area contributed by atoms with Crippen molar-refractivity contribution in [1.29, 1.82) is 0 Å². The van der Waals surface area contributed by atoms with Gasteiger partial charge < -0.3 is 15.0 Å². The molecule has 0 aliphatic carbocycles. The lowest BCUT2D eigenvalue weighted by Gasteiger charge is -2.33. The summed E-state index contributed by atoms with van der Waals surface area (Å²) in [5.74, 6) is 0.121. The average molecular weight is 507 g/mol. The third-order valence-corrected chi connectivity index (χ3v) is 5.94. The third-order valence-electron chi connectivity index (χ3n) is 5.71. The lowest BCUT2D eigenvalue weighted by atomic mass is 10.0. The van der Waals surface area contributed by atoms with Crippen molar-refractivity contribution in [1.82, 2.24) is 10.2 Å². The van der Waals surface area contributed by atoms with Gasteiger partial charge in [0.2, 0.25) is 5.91 Å². The average Bonchev–Trinajstić information content (AvgIpc) is 2.84. The largest absolute Gasteiger partial charge is 0.484 e. The highest BCUT2D eigenvalue weighted by Crippen LogP contribution is 2.19. The van der Waals surface area contributed by atoms with Gasteiger partial charge in [-0.2, -0.15) is 0 Å². The van der Waals surface area contributed by atoms with E-state index < -0.39 is 11.6 Å². The monoisotopic (exact) mass is 506 g/mol. The fourth-order valence-electron chi connectivity index (χ4n) is 3.89. The van der Waals surface area contributed by atoms with Gasteiger partial charge in [0.1, 0.15) is 11.8 Å². The number of aryl methyl sites for hydroxylation is 1. The predicted molar refractivity (Wildman–Crippen MR) is 145 cm³/mol. The molecular formula is C30H35ClN2O3. The van der Waals surface area contributed by atoms with Gasteiger partial charge in [0, 0.05) is 23.5 Å². The summed E-state index contributed by atoms with van der Waals surface area (Å²) in [6.45, 7) is 7.92. The van der Waals surface area contributed by atoms with Crippen molar-refractivity contribution < 1.29 is 14.3 Å². The van der Waals surface area contributed by atoms with Crippen LogP contribution in [0.25, 0.3) is 0 Å². The van der Waals surface area contributed by atoms with E-state index in [0.29, 0.717) is 17.2 Å². The number of ether oxygens (including phenoxy) is 1. The normalized spacial score (nSPS) is 12.0. The first kappa shape index (κ1) is 27.3. The van der Waals surface area contributed by atoms with Crippen LogP contribution in [-0.4, -0.2) is 34.9 Å². The zero-order valence-corrected chi connectivity index (χ0v) is 22.2. The molecule has 0 fully saturated rings. The van der Waals surface area contributed by atoms with Crippen LogP contribution in [0.3, 0.4) is 0 Å². The Bertz CT molecular complexity index is 1140. The molecule has 1 unspecified atom stereocenters. The molecule has 1 N–H and O–H groups in total. The van der Waals surface area contributed by atoms with Crippen LogP contribution in [0, 0.1) is 0 Å². The maximum atomic E-state index is 13.6. The molecule has 36 heavy (non-hydrogen) atoms. The maximum absolute atomic E-state index is 13.6. The summed E-state index contributed by atoms with van der Waals surface area (Å²) in [5, 5.41) is 3.63. The summed E-state index contributed by atoms with van der Waals surface area (Å²) in [6, 6.07) is 24.0. The first-order valence-electron chi connectivity index (χ1n) is 12.3. The molecular weight excluding hydrogens is 472 g/mol. The molecule has 2 amide bonds. The van der Waals surface area contributed by atoms with Crippen LogP contribution >= 0.6 is 11.6 Å². The Kier molecular flexibility index (Phi) is 9.54. The van der Waals surface area contributed by atoms with E-state index in [0.717, 1.165) is 17.5 Å². The van der Waals surface area contributed by atoms with Crippen LogP contribution in [0.2, 0.25) is 5.02 Å². The van der Waals surface area contributed by atoms with E-state index in [1.807, 2.05) is 93.6 Å². The Hall–Kier alpha value is -3.31. The molecule has 3 aromatic rings. The smallest absolute Gasteiger partial charge is 0.261 e. The van der Waals surface area contributed by atoms with Crippen molar-refractivity contribution in [3.8, 4) is 5.75 Å². The number of nitrogens with one attached hydrogen (secondary N) is 1. The second-order valence-corrected chi connectivity index (χ2v) is 10.3. The Morgan fingerprint density at radius 2 is 1.58 bits per heavy atom. The fraction of sp³-hybridized carbons (Fsp3) is 0.333. The van der Waals surface area contributed by atoms with Crippen molar-refractivity contribution in [3.05, 3.63) is 101 Å². The quantitative estimate of drug-likeness (QED) is 0.376. The number of nitrogens with zero attached hydrogens (tertiary/aromatic N) is 1. The Labute approximate surface area is 219 Å². The topological polar surface area (TPSA) is 58.6 Å². The van der Waals surface area contributed by atoms with Crippen LogP contribution in [0.15, 0.2) is 78.9 Å². The lowest BCUT2D eigenvalue weighted by Crippen LogP contribution is -2.55. The van der Waals surface area contributed by atoms with E-state index in [1.54, 1.807) is 11.0 Å². The molecule has 6 heteroatoms. The van der Waals surface area contributed by atoms with Gasteiger partial charge in [-0.05, 0) is 68.1 Å². The molecule has 0 saturated carbocycles. The summed E-state index contributed by atoms with van der Waals surface area (Å²) in [5.41, 5.74) is 2.54. The second kappa shape index (κ2) is 12.6. The highest BCUT2D eigenvalue weighted by molar-refractivity contribution is 6.30. The lowest BCUT2D eigenvalue weighted by molar-refractivity contribution is -0.143. The molecule has 0 aliphatic rings. The van der Waals surface area contributed by atoms with E-state index in [9.17, 15) is 9.59 Å². The molecule has 0 spiro atoms. The van der Waals surface area contributed by atoms with Gasteiger partial charge in [-0.25, -0.2) is 0 Å². The van der Waals surface area contributed by atoms with Crippen molar-refractivity contribution in [2.75, 3.05) is 6.61 Å². The number of rotatable bonds is 10. The summed E-state index contributed by atoms with van der Waals surface area (Å²) in [4.78, 5) is 28.8. The molecule has 5 nitrogen and oxygen atoms in total. The van der Waals surface area contributed by atoms with Crippen molar-refractivity contribution in [3.63, 3.8) is 0 Å². The van der Waals surface area contributed by atoms with Gasteiger partial charge in [0.15, 0.2) is 6.61 Å². The molecule has 3 aromatic carbocycles. The Morgan fingerprint density at radius 3 is 2.19 bits per heavy atom. The number of benzene rings is 3. The van der Waals surface area contributed by atoms with Gasteiger partial charge in [0.05, 0.1) is 0 Å². The van der Waals surface area contributed by atoms with Crippen molar-refractivity contribution >= 4 is 23.4 Å². The van der Waals surface area contributed by atoms with Crippen LogP contribution < -0.4 is 10.1 Å². The zero-order chi connectivity index (χ0) is 26.1. The van der Waals surface area contributed by atoms with Crippen molar-refractivity contribution in [2.24, 2.45) is 0 Å². The molecule has 0 bridgehead atoms. The number of carbonyl (C=O) groups is 2. The maximum Gasteiger partial charge on any atom is 0.261 e. The van der Waals surface area contributed by atoms with Gasteiger partial charge in [-0.3, -0.25) is 9.59 Å². The van der Waals surface area contributed by atoms with Crippen LogP contribution in [0.5, 0.6) is 5.75 Å². The second-order valence-electron chi connectivity index (χ2n) is 9.88. The Balaban J connectivity index is 1.91. The molecule has 0 radical (unpaired) electrons. The summed E-state index contributed by atoms with van der Waals surface area (Å²) in [7, 11) is 0. The number of amides is 2. The van der Waals surface area contributed by atoms with Gasteiger partial charge in [0.25, 0.3) is 5.91 Å². The minimum atomic E-state index is -0.732. The minimum Gasteiger partial charge on any atom is -0.484 e. The molecule has 1 atom stereocenters. The molecule has 0 saturated heterocycles. The predicted octanol–water partition coefficient (Wildman–Crippen LogP) is 5.84. The molecule has 3 rings (SSSR count). The van der Waals surface area contributed by atoms with E-state index in [-0.39, 0.29) is 25.0 Å². The fourth-order valence-corrected chi connectivity index (χ4v) is 4.10. The Morgan fingerprint density at radius 1 is 0.917 bits per heavy atom. The number of carbonyl (C=O) groups excluding carboxylic acids is 2. The summed E-state index contributed by atoms with van der Waals surface area (Å²) < 4.78 is 5.84. The number of hydrogen-bond donors (Lipinski definition) is 1. The number of halogens is 1. The molecule has 0 aromatic heterocycles. The van der Waals surface area contributed by atoms with Gasteiger partial charge in [-0.1, -0.05) is 73.1 Å². The first-order chi connectivity index (χ1) is 17.1. The van der Waals surface area contributed by atoms with Crippen LogP contribution in [-0.2, 0) is 29.0 Å². The standard InChI is InChI=1S/C30H35ClN2O3/c1-5-22-14-16-26(17-15-22)36-21-28(34)33(20-24-12-9-13-25(31)18-24)27(29(35)32-30(2,3)4)19-23-10-7-6-8-11-23/h6-18,27H,5,19-21H2,1-4H3,(H,32,35). The van der Waals surface area contributed by atoms with Gasteiger partial charge in [-0.15, -0.1) is 0 Å². The van der Waals surface area contributed by atoms with Gasteiger partial charge >= 0.3 is 0 Å². The first-order valence-corrected chi connectivity index (χ1v) is 12.6. The van der Waals surface area contributed by atoms with E-state index in [1.165, 1.54) is 5.56 Å². The SMILES string of the molecule is CCc1ccc(OCC(=O)N(Cc2cccc(Cl)c2)C(Cc2ccccc2)C(=O)NC(C)(C)C)cc1. The highest BCUT2D eigenvalue weighted by atomic mass is 35.5. The highest BCUT2D eigenvalue weighted by Gasteiger charge is 2.32. The molecule has 0 aliphatic heterocycles. The van der Waals surface area contributed by atoms with E-state index in [4.69, 9.17) is 16.3 Å². The van der Waals surface area contributed by atoms with E-state index in [2.05, 4.69) is 12.2 Å². The van der Waals surface area contributed by atoms with Crippen LogP contribution in [0.4, 0.5) is 0 Å². The third kappa shape index (κ3) is 8.42. The summed E-state index contributed by atoms with van der Waals surface area (Å²) in [6.07, 6.45) is 1.30. The minimum absolute atomic E-state index is 0.180.